The maximum atomic E-state index is 11.8. The molecule has 0 aliphatic rings. The number of sulfonamides is 1. The van der Waals surface area contributed by atoms with Crippen LogP contribution in [-0.4, -0.2) is 40.9 Å². The van der Waals surface area contributed by atoms with Crippen LogP contribution in [0.15, 0.2) is 11.1 Å². The first-order valence-electron chi connectivity index (χ1n) is 4.94. The summed E-state index contributed by atoms with van der Waals surface area (Å²) in [5, 5.41) is 5.91. The Morgan fingerprint density at radius 1 is 1.65 bits per heavy atom. The summed E-state index contributed by atoms with van der Waals surface area (Å²) in [6.45, 7) is 1.71. The summed E-state index contributed by atoms with van der Waals surface area (Å²) >= 11 is 0. The monoisotopic (exact) mass is 280 g/mol. The number of rotatable bonds is 6. The molecule has 98 valence electrons. The number of aromatic nitrogens is 2. The molecule has 4 N–H and O–H groups in total. The van der Waals surface area contributed by atoms with E-state index in [1.807, 2.05) is 0 Å². The predicted molar refractivity (Wildman–Crippen MR) is 66.3 cm³/mol. The predicted octanol–water partition coefficient (Wildman–Crippen LogP) is -0.573. The van der Waals surface area contributed by atoms with Crippen molar-refractivity contribution in [2.24, 2.45) is 0 Å². The molecule has 0 spiro atoms. The van der Waals surface area contributed by atoms with Gasteiger partial charge in [-0.25, -0.2) is 13.1 Å². The topological polar surface area (TPSA) is 118 Å². The van der Waals surface area contributed by atoms with E-state index >= 15 is 0 Å². The summed E-state index contributed by atoms with van der Waals surface area (Å²) in [4.78, 5) is -0.0676. The standard InChI is InChI=1S/C8H16N4O3S2/c1-6(3-4-16(2)13)12-17(14,15)7-5-10-11-8(7)9/h5-6,12H,3-4H2,1-2H3,(H3,9,10,11). The van der Waals surface area contributed by atoms with Crippen LogP contribution in [0.4, 0.5) is 5.82 Å². The number of nitrogen functional groups attached to an aromatic ring is 1. The highest BCUT2D eigenvalue weighted by atomic mass is 32.2. The highest BCUT2D eigenvalue weighted by molar-refractivity contribution is 7.89. The van der Waals surface area contributed by atoms with Crippen molar-refractivity contribution < 1.29 is 12.6 Å². The summed E-state index contributed by atoms with van der Waals surface area (Å²) in [6.07, 6.45) is 3.23. The van der Waals surface area contributed by atoms with E-state index < -0.39 is 20.8 Å². The van der Waals surface area contributed by atoms with E-state index in [0.717, 1.165) is 6.20 Å². The van der Waals surface area contributed by atoms with Crippen molar-refractivity contribution >= 4 is 26.6 Å². The fourth-order valence-electron chi connectivity index (χ4n) is 1.23. The van der Waals surface area contributed by atoms with Crippen LogP contribution in [0.3, 0.4) is 0 Å². The van der Waals surface area contributed by atoms with Crippen molar-refractivity contribution in [1.29, 1.82) is 0 Å². The number of nitrogens with two attached hydrogens (primary N) is 1. The number of nitrogens with zero attached hydrogens (tertiary/aromatic N) is 1. The normalized spacial score (nSPS) is 15.6. The second-order valence-electron chi connectivity index (χ2n) is 3.74. The molecule has 7 nitrogen and oxygen atoms in total. The van der Waals surface area contributed by atoms with E-state index in [2.05, 4.69) is 14.9 Å². The Bertz CT molecular complexity index is 497. The van der Waals surface area contributed by atoms with Crippen LogP contribution in [0.1, 0.15) is 13.3 Å². The zero-order chi connectivity index (χ0) is 13.1. The van der Waals surface area contributed by atoms with E-state index in [1.165, 1.54) is 0 Å². The molecule has 0 saturated carbocycles. The Hall–Kier alpha value is -0.930. The first kappa shape index (κ1) is 14.1. The molecule has 1 aromatic rings. The second kappa shape index (κ2) is 5.61. The lowest BCUT2D eigenvalue weighted by Gasteiger charge is -2.12. The largest absolute Gasteiger partial charge is 0.383 e. The van der Waals surface area contributed by atoms with E-state index in [0.29, 0.717) is 12.2 Å². The molecule has 0 radical (unpaired) electrons. The van der Waals surface area contributed by atoms with Crippen LogP contribution in [0.5, 0.6) is 0 Å². The minimum Gasteiger partial charge on any atom is -0.383 e. The molecule has 17 heavy (non-hydrogen) atoms. The molecule has 0 aliphatic heterocycles. The smallest absolute Gasteiger partial charge is 0.246 e. The van der Waals surface area contributed by atoms with Crippen LogP contribution >= 0.6 is 0 Å². The van der Waals surface area contributed by atoms with Crippen molar-refractivity contribution in [2.45, 2.75) is 24.3 Å². The average molecular weight is 280 g/mol. The van der Waals surface area contributed by atoms with Crippen LogP contribution in [0.25, 0.3) is 0 Å². The molecule has 0 bridgehead atoms. The third-order valence-corrected chi connectivity index (χ3v) is 4.54. The van der Waals surface area contributed by atoms with Gasteiger partial charge in [-0.2, -0.15) is 5.10 Å². The van der Waals surface area contributed by atoms with Gasteiger partial charge in [-0.3, -0.25) is 9.31 Å². The Balaban J connectivity index is 2.68. The van der Waals surface area contributed by atoms with Crippen LogP contribution in [-0.2, 0) is 20.8 Å². The van der Waals surface area contributed by atoms with E-state index in [4.69, 9.17) is 5.73 Å². The summed E-state index contributed by atoms with van der Waals surface area (Å²) in [6, 6.07) is -0.307. The Kier molecular flexibility index (Phi) is 4.66. The number of anilines is 1. The van der Waals surface area contributed by atoms with E-state index in [1.54, 1.807) is 13.2 Å². The molecule has 9 heteroatoms. The summed E-state index contributed by atoms with van der Waals surface area (Å²) in [5.41, 5.74) is 5.44. The molecular weight excluding hydrogens is 264 g/mol. The lowest BCUT2D eigenvalue weighted by molar-refractivity contribution is 0.556. The van der Waals surface area contributed by atoms with Gasteiger partial charge in [-0.15, -0.1) is 0 Å². The maximum absolute atomic E-state index is 11.8. The van der Waals surface area contributed by atoms with Gasteiger partial charge >= 0.3 is 0 Å². The molecule has 2 atom stereocenters. The Labute approximate surface area is 103 Å². The summed E-state index contributed by atoms with van der Waals surface area (Å²) < 4.78 is 37.0. The fraction of sp³-hybridized carbons (Fsp3) is 0.625. The van der Waals surface area contributed by atoms with Crippen LogP contribution in [0, 0.1) is 0 Å². The highest BCUT2D eigenvalue weighted by Gasteiger charge is 2.21. The zero-order valence-corrected chi connectivity index (χ0v) is 11.3. The quantitative estimate of drug-likeness (QED) is 0.645. The number of hydrogen-bond donors (Lipinski definition) is 3. The van der Waals surface area contributed by atoms with Crippen molar-refractivity contribution in [3.8, 4) is 0 Å². The number of aromatic amines is 1. The third kappa shape index (κ3) is 4.10. The van der Waals surface area contributed by atoms with Gasteiger partial charge < -0.3 is 5.73 Å². The fourth-order valence-corrected chi connectivity index (χ4v) is 3.22. The molecule has 1 rings (SSSR count). The lowest BCUT2D eigenvalue weighted by Crippen LogP contribution is -2.33. The van der Waals surface area contributed by atoms with Gasteiger partial charge in [0.15, 0.2) is 0 Å². The van der Waals surface area contributed by atoms with Gasteiger partial charge in [0.2, 0.25) is 10.0 Å². The summed E-state index contributed by atoms with van der Waals surface area (Å²) in [7, 11) is -4.60. The highest BCUT2D eigenvalue weighted by Crippen LogP contribution is 2.14. The first-order chi connectivity index (χ1) is 7.83. The SMILES string of the molecule is CC(CCS(C)=O)NS(=O)(=O)c1cn[nH]c1N. The van der Waals surface area contributed by atoms with Gasteiger partial charge in [0.1, 0.15) is 10.7 Å². The minimum absolute atomic E-state index is 0.00349. The first-order valence-corrected chi connectivity index (χ1v) is 8.15. The Morgan fingerprint density at radius 3 is 2.76 bits per heavy atom. The molecule has 1 aromatic heterocycles. The number of hydrogen-bond acceptors (Lipinski definition) is 5. The average Bonchev–Trinajstić information content (AvgIpc) is 2.61. The molecule has 0 aliphatic carbocycles. The van der Waals surface area contributed by atoms with Crippen molar-refractivity contribution in [3.05, 3.63) is 6.20 Å². The van der Waals surface area contributed by atoms with Gasteiger partial charge in [0.05, 0.1) is 6.20 Å². The van der Waals surface area contributed by atoms with Crippen LogP contribution < -0.4 is 10.5 Å². The van der Waals surface area contributed by atoms with Gasteiger partial charge in [0.25, 0.3) is 0 Å². The molecule has 2 unspecified atom stereocenters. The number of H-pyrrole nitrogens is 1. The molecular formula is C8H16N4O3S2. The third-order valence-electron chi connectivity index (χ3n) is 2.12. The van der Waals surface area contributed by atoms with Gasteiger partial charge in [-0.1, -0.05) is 0 Å². The van der Waals surface area contributed by atoms with Crippen LogP contribution in [0.2, 0.25) is 0 Å². The molecule has 0 amide bonds. The minimum atomic E-state index is -3.66. The zero-order valence-electron chi connectivity index (χ0n) is 9.63. The Morgan fingerprint density at radius 2 is 2.29 bits per heavy atom. The lowest BCUT2D eigenvalue weighted by atomic mass is 10.3. The van der Waals surface area contributed by atoms with Crippen molar-refractivity contribution in [2.75, 3.05) is 17.7 Å². The van der Waals surface area contributed by atoms with Crippen molar-refractivity contribution in [3.63, 3.8) is 0 Å². The summed E-state index contributed by atoms with van der Waals surface area (Å²) in [5.74, 6) is 0.452. The maximum Gasteiger partial charge on any atom is 0.246 e. The second-order valence-corrected chi connectivity index (χ2v) is 6.97. The molecule has 1 heterocycles. The van der Waals surface area contributed by atoms with Gasteiger partial charge in [-0.05, 0) is 13.3 Å². The van der Waals surface area contributed by atoms with E-state index in [-0.39, 0.29) is 16.8 Å². The molecule has 0 saturated heterocycles. The number of nitrogens with one attached hydrogen (secondary N) is 2. The van der Waals surface area contributed by atoms with E-state index in [9.17, 15) is 12.6 Å². The van der Waals surface area contributed by atoms with Gasteiger partial charge in [0, 0.05) is 28.9 Å². The molecule has 0 fully saturated rings. The van der Waals surface area contributed by atoms with Crippen molar-refractivity contribution in [1.82, 2.24) is 14.9 Å². The molecule has 0 aromatic carbocycles.